The number of nitrogens with one attached hydrogen (secondary N) is 1. The highest BCUT2D eigenvalue weighted by Gasteiger charge is 1.95. The third kappa shape index (κ3) is 0.729. The highest BCUT2D eigenvalue weighted by Crippen LogP contribution is 1.96. The van der Waals surface area contributed by atoms with Crippen molar-refractivity contribution in [1.82, 2.24) is 0 Å². The van der Waals surface area contributed by atoms with Gasteiger partial charge in [-0.3, -0.25) is 4.99 Å². The van der Waals surface area contributed by atoms with Crippen molar-refractivity contribution in [1.29, 1.82) is 5.41 Å². The summed E-state index contributed by atoms with van der Waals surface area (Å²) in [7, 11) is 0. The Morgan fingerprint density at radius 3 is 2.75 bits per heavy atom. The third-order valence-corrected chi connectivity index (χ3v) is 0.904. The van der Waals surface area contributed by atoms with Gasteiger partial charge in [-0.1, -0.05) is 6.58 Å². The summed E-state index contributed by atoms with van der Waals surface area (Å²) in [6.07, 6.45) is 4.77. The molecule has 0 aromatic heterocycles. The Bertz CT molecular complexity index is 165. The predicted octanol–water partition coefficient (Wildman–Crippen LogP) is 1.16. The molecule has 2 heteroatoms. The largest absolute Gasteiger partial charge is 0.300 e. The maximum absolute atomic E-state index is 7.12. The van der Waals surface area contributed by atoms with Crippen molar-refractivity contribution in [2.24, 2.45) is 4.99 Å². The van der Waals surface area contributed by atoms with Crippen molar-refractivity contribution in [3.8, 4) is 0 Å². The van der Waals surface area contributed by atoms with Crippen LogP contribution in [0.2, 0.25) is 0 Å². The summed E-state index contributed by atoms with van der Waals surface area (Å²) in [5.41, 5.74) is 1.12. The molecule has 8 heavy (non-hydrogen) atoms. The highest BCUT2D eigenvalue weighted by molar-refractivity contribution is 6.20. The van der Waals surface area contributed by atoms with Gasteiger partial charge in [-0.2, -0.15) is 0 Å². The zero-order valence-electron chi connectivity index (χ0n) is 4.39. The Hall–Kier alpha value is -1.18. The van der Waals surface area contributed by atoms with Gasteiger partial charge in [-0.05, 0) is 6.08 Å². The van der Waals surface area contributed by atoms with Gasteiger partial charge in [-0.15, -0.1) is 0 Å². The van der Waals surface area contributed by atoms with Gasteiger partial charge in [-0.25, -0.2) is 0 Å². The van der Waals surface area contributed by atoms with Gasteiger partial charge in [0.15, 0.2) is 0 Å². The maximum atomic E-state index is 7.12. The van der Waals surface area contributed by atoms with E-state index in [1.54, 1.807) is 18.5 Å². The Morgan fingerprint density at radius 2 is 2.38 bits per heavy atom. The van der Waals surface area contributed by atoms with Gasteiger partial charge < -0.3 is 5.41 Å². The molecule has 1 rings (SSSR count). The number of hydrogen-bond acceptors (Lipinski definition) is 2. The molecule has 1 aliphatic heterocycles. The van der Waals surface area contributed by atoms with Crippen LogP contribution in [0.4, 0.5) is 0 Å². The van der Waals surface area contributed by atoms with E-state index in [1.807, 2.05) is 0 Å². The van der Waals surface area contributed by atoms with E-state index in [1.165, 1.54) is 0 Å². The monoisotopic (exact) mass is 106 g/mol. The van der Waals surface area contributed by atoms with Crippen molar-refractivity contribution in [3.05, 3.63) is 24.4 Å². The van der Waals surface area contributed by atoms with Crippen molar-refractivity contribution in [2.75, 3.05) is 0 Å². The maximum Gasteiger partial charge on any atom is 0.0637 e. The lowest BCUT2D eigenvalue weighted by atomic mass is 10.2. The standard InChI is InChI=1S/C6H6N2/c1-5-4-8-3-2-6(5)7/h2-4,7H,1H2. The molecule has 0 amide bonds. The summed E-state index contributed by atoms with van der Waals surface area (Å²) in [6.45, 7) is 3.57. The lowest BCUT2D eigenvalue weighted by Crippen LogP contribution is -1.99. The van der Waals surface area contributed by atoms with Gasteiger partial charge in [0.05, 0.1) is 5.71 Å². The molecule has 2 nitrogen and oxygen atoms in total. The fourth-order valence-electron chi connectivity index (χ4n) is 0.427. The Kier molecular flexibility index (Phi) is 1.08. The first-order valence-corrected chi connectivity index (χ1v) is 2.28. The lowest BCUT2D eigenvalue weighted by molar-refractivity contribution is 1.48. The second kappa shape index (κ2) is 1.74. The molecule has 0 radical (unpaired) electrons. The molecule has 0 unspecified atom stereocenters. The summed E-state index contributed by atoms with van der Waals surface area (Å²) in [4.78, 5) is 3.76. The minimum Gasteiger partial charge on any atom is -0.300 e. The minimum atomic E-state index is 0.444. The minimum absolute atomic E-state index is 0.444. The first-order valence-electron chi connectivity index (χ1n) is 2.28. The number of aliphatic imine (C=N–C) groups is 1. The molecular formula is C6H6N2. The molecule has 0 atom stereocenters. The molecule has 0 saturated carbocycles. The quantitative estimate of drug-likeness (QED) is 0.481. The van der Waals surface area contributed by atoms with Gasteiger partial charge >= 0.3 is 0 Å². The van der Waals surface area contributed by atoms with Crippen LogP contribution in [0.25, 0.3) is 0 Å². The molecule has 0 aromatic carbocycles. The first-order chi connectivity index (χ1) is 3.80. The summed E-state index contributed by atoms with van der Waals surface area (Å²) in [5.74, 6) is 0. The topological polar surface area (TPSA) is 36.2 Å². The van der Waals surface area contributed by atoms with E-state index >= 15 is 0 Å². The van der Waals surface area contributed by atoms with Gasteiger partial charge in [0.1, 0.15) is 0 Å². The van der Waals surface area contributed by atoms with E-state index in [2.05, 4.69) is 11.6 Å². The number of rotatable bonds is 0. The molecule has 0 spiro atoms. The molecule has 1 N–H and O–H groups in total. The molecule has 1 aliphatic rings. The van der Waals surface area contributed by atoms with E-state index in [0.717, 1.165) is 0 Å². The molecule has 0 bridgehead atoms. The van der Waals surface area contributed by atoms with Gasteiger partial charge in [0.25, 0.3) is 0 Å². The average molecular weight is 106 g/mol. The summed E-state index contributed by atoms with van der Waals surface area (Å²) >= 11 is 0. The second-order valence-electron chi connectivity index (χ2n) is 1.53. The van der Waals surface area contributed by atoms with Crippen molar-refractivity contribution in [2.45, 2.75) is 0 Å². The Balaban J connectivity index is 2.89. The molecule has 1 heterocycles. The van der Waals surface area contributed by atoms with Crippen LogP contribution >= 0.6 is 0 Å². The van der Waals surface area contributed by atoms with Crippen LogP contribution in [-0.4, -0.2) is 11.9 Å². The van der Waals surface area contributed by atoms with Crippen molar-refractivity contribution in [3.63, 3.8) is 0 Å². The van der Waals surface area contributed by atoms with Crippen LogP contribution < -0.4 is 0 Å². The SMILES string of the molecule is C=C1C=NC=CC1=N. The fraction of sp³-hybridized carbons (Fsp3) is 0. The Morgan fingerprint density at radius 1 is 1.62 bits per heavy atom. The van der Waals surface area contributed by atoms with Gasteiger partial charge in [0, 0.05) is 18.0 Å². The molecule has 0 fully saturated rings. The van der Waals surface area contributed by atoms with E-state index in [4.69, 9.17) is 5.41 Å². The van der Waals surface area contributed by atoms with E-state index in [-0.39, 0.29) is 0 Å². The highest BCUT2D eigenvalue weighted by atomic mass is 14.7. The molecule has 0 aliphatic carbocycles. The summed E-state index contributed by atoms with van der Waals surface area (Å²) in [5, 5.41) is 7.12. The lowest BCUT2D eigenvalue weighted by Gasteiger charge is -1.97. The molecule has 0 aromatic rings. The van der Waals surface area contributed by atoms with E-state index < -0.39 is 0 Å². The second-order valence-corrected chi connectivity index (χ2v) is 1.53. The predicted molar refractivity (Wildman–Crippen MR) is 34.5 cm³/mol. The third-order valence-electron chi connectivity index (χ3n) is 0.904. The normalized spacial score (nSPS) is 17.5. The molecule has 0 saturated heterocycles. The van der Waals surface area contributed by atoms with Crippen LogP contribution in [0.3, 0.4) is 0 Å². The smallest absolute Gasteiger partial charge is 0.0637 e. The fourth-order valence-corrected chi connectivity index (χ4v) is 0.427. The van der Waals surface area contributed by atoms with Crippen LogP contribution in [0.1, 0.15) is 0 Å². The summed E-state index contributed by atoms with van der Waals surface area (Å²) < 4.78 is 0. The summed E-state index contributed by atoms with van der Waals surface area (Å²) in [6, 6.07) is 0. The first kappa shape index (κ1) is 4.97. The van der Waals surface area contributed by atoms with Crippen molar-refractivity contribution >= 4 is 11.9 Å². The van der Waals surface area contributed by atoms with Crippen LogP contribution in [0, 0.1) is 5.41 Å². The van der Waals surface area contributed by atoms with E-state index in [9.17, 15) is 0 Å². The molecule has 40 valence electrons. The number of hydrogen-bond donors (Lipinski definition) is 1. The number of allylic oxidation sites excluding steroid dienone is 2. The van der Waals surface area contributed by atoms with Crippen LogP contribution in [0.15, 0.2) is 29.4 Å². The zero-order chi connectivity index (χ0) is 5.98. The average Bonchev–Trinajstić information content (AvgIpc) is 1.77. The van der Waals surface area contributed by atoms with Crippen LogP contribution in [-0.2, 0) is 0 Å². The Labute approximate surface area is 47.8 Å². The van der Waals surface area contributed by atoms with E-state index in [0.29, 0.717) is 11.3 Å². The zero-order valence-corrected chi connectivity index (χ0v) is 4.39. The number of nitrogens with zero attached hydrogens (tertiary/aromatic N) is 1. The van der Waals surface area contributed by atoms with Gasteiger partial charge in [0.2, 0.25) is 0 Å². The van der Waals surface area contributed by atoms with Crippen LogP contribution in [0.5, 0.6) is 0 Å². The van der Waals surface area contributed by atoms with Crippen molar-refractivity contribution < 1.29 is 0 Å². The molecular weight excluding hydrogens is 100 g/mol.